The number of ether oxygens (including phenoxy) is 7. The number of fused-ring (bicyclic) bond motifs is 2. The lowest BCUT2D eigenvalue weighted by Gasteiger charge is -2.59. The summed E-state index contributed by atoms with van der Waals surface area (Å²) in [7, 11) is 3.00. The van der Waals surface area contributed by atoms with Crippen molar-refractivity contribution in [1.29, 1.82) is 0 Å². The van der Waals surface area contributed by atoms with Crippen LogP contribution in [0.3, 0.4) is 0 Å². The third kappa shape index (κ3) is 13.3. The van der Waals surface area contributed by atoms with Gasteiger partial charge in [-0.25, -0.2) is 9.59 Å². The number of rotatable bonds is 28. The summed E-state index contributed by atoms with van der Waals surface area (Å²) in [5, 5.41) is 48.6. The molecule has 0 spiro atoms. The molecule has 0 bridgehead atoms. The van der Waals surface area contributed by atoms with Crippen LogP contribution in [0.5, 0.6) is 23.0 Å². The number of hydrogen-bond donors (Lipinski definition) is 4. The fraction of sp³-hybridized carbons (Fsp3) is 0.481. The number of hydrogen-bond acceptors (Lipinski definition) is 16. The highest BCUT2D eigenvalue weighted by atomic mass is 16.7. The molecule has 0 radical (unpaired) electrons. The van der Waals surface area contributed by atoms with Crippen molar-refractivity contribution in [3.05, 3.63) is 119 Å². The Morgan fingerprint density at radius 3 is 2.38 bits per heavy atom. The Bertz CT molecular complexity index is 2340. The van der Waals surface area contributed by atoms with Crippen molar-refractivity contribution in [2.45, 2.75) is 75.7 Å². The molecule has 3 aliphatic rings. The number of allylic oxidation sites excluding steroid dienone is 1. The van der Waals surface area contributed by atoms with Crippen LogP contribution in [-0.4, -0.2) is 122 Å². The summed E-state index contributed by atoms with van der Waals surface area (Å²) in [6.07, 6.45) is 8.16. The number of methoxy groups -OCH3 is 2. The lowest BCUT2D eigenvalue weighted by atomic mass is 9.55. The summed E-state index contributed by atoms with van der Waals surface area (Å²) in [6, 6.07) is 15.0. The van der Waals surface area contributed by atoms with E-state index in [9.17, 15) is 35.0 Å². The summed E-state index contributed by atoms with van der Waals surface area (Å²) < 4.78 is 42.7. The van der Waals surface area contributed by atoms with E-state index >= 15 is 0 Å². The number of nitro groups is 1. The number of nitrogens with zero attached hydrogens (tertiary/aromatic N) is 3. The third-order valence-electron chi connectivity index (χ3n) is 12.9. The highest BCUT2D eigenvalue weighted by Crippen LogP contribution is 2.62. The molecule has 19 nitrogen and oxygen atoms in total. The summed E-state index contributed by atoms with van der Waals surface area (Å²) in [5.41, 5.74) is 2.83. The van der Waals surface area contributed by atoms with Crippen molar-refractivity contribution in [2.75, 3.05) is 72.3 Å². The fourth-order valence-corrected chi connectivity index (χ4v) is 9.77. The molecule has 71 heavy (non-hydrogen) atoms. The van der Waals surface area contributed by atoms with Crippen molar-refractivity contribution in [2.24, 2.45) is 22.9 Å². The van der Waals surface area contributed by atoms with Gasteiger partial charge in [0.05, 0.1) is 69.5 Å². The molecule has 0 unspecified atom stereocenters. The second-order valence-electron chi connectivity index (χ2n) is 17.3. The molecule has 2 aliphatic carbocycles. The Kier molecular flexibility index (Phi) is 20.2. The van der Waals surface area contributed by atoms with Gasteiger partial charge >= 0.3 is 12.2 Å². The molecule has 4 N–H and O–H groups in total. The molecule has 6 rings (SSSR count). The van der Waals surface area contributed by atoms with E-state index in [2.05, 4.69) is 24.6 Å². The van der Waals surface area contributed by atoms with Gasteiger partial charge < -0.3 is 53.3 Å². The predicted molar refractivity (Wildman–Crippen MR) is 263 cm³/mol. The molecule has 0 saturated heterocycles. The average Bonchev–Trinajstić information content (AvgIpc) is 3.37. The Balaban J connectivity index is 1.54. The second kappa shape index (κ2) is 26.6. The number of carbonyl (C=O) groups is 2. The zero-order valence-corrected chi connectivity index (χ0v) is 40.4. The SMILES string of the molecule is C=CCCOC(=O)N(CCOCCO)[C@H]1CC(=NOCc2ccc([N+](=O)[O-])cc2)C2=C[C@H](CCCCO)[C@@H](CCCCO)[C@@H]3c4cc(OC(=O)Nc5ccc(OC)cc5OC)ccc4O[C@@]1(OCC=C)[C@H]23. The van der Waals surface area contributed by atoms with Gasteiger partial charge in [-0.3, -0.25) is 20.3 Å². The first-order valence-electron chi connectivity index (χ1n) is 23.9. The van der Waals surface area contributed by atoms with E-state index in [-0.39, 0.29) is 89.1 Å². The maximum absolute atomic E-state index is 14.5. The van der Waals surface area contributed by atoms with E-state index < -0.39 is 40.8 Å². The van der Waals surface area contributed by atoms with Gasteiger partial charge in [-0.15, -0.1) is 13.2 Å². The van der Waals surface area contributed by atoms with Gasteiger partial charge in [0.25, 0.3) is 5.69 Å². The van der Waals surface area contributed by atoms with Crippen LogP contribution in [-0.2, 0) is 25.7 Å². The van der Waals surface area contributed by atoms with Crippen LogP contribution in [0, 0.1) is 27.9 Å². The Morgan fingerprint density at radius 2 is 1.69 bits per heavy atom. The van der Waals surface area contributed by atoms with Gasteiger partial charge in [0, 0.05) is 55.9 Å². The first-order valence-corrected chi connectivity index (χ1v) is 23.9. The number of benzene rings is 3. The normalized spacial score (nSPS) is 21.3. The monoisotopic (exact) mass is 986 g/mol. The van der Waals surface area contributed by atoms with Crippen molar-refractivity contribution < 1.29 is 67.8 Å². The van der Waals surface area contributed by atoms with Crippen LogP contribution in [0.1, 0.15) is 68.4 Å². The predicted octanol–water partition coefficient (Wildman–Crippen LogP) is 8.08. The largest absolute Gasteiger partial charge is 0.497 e. The Hall–Kier alpha value is -6.51. The third-order valence-corrected chi connectivity index (χ3v) is 12.9. The maximum atomic E-state index is 14.5. The number of oxime groups is 1. The molecule has 6 atom stereocenters. The number of amides is 2. The van der Waals surface area contributed by atoms with E-state index in [1.807, 2.05) is 0 Å². The lowest BCUT2D eigenvalue weighted by molar-refractivity contribution is -0.384. The summed E-state index contributed by atoms with van der Waals surface area (Å²) >= 11 is 0. The van der Waals surface area contributed by atoms with Gasteiger partial charge in [-0.05, 0) is 97.5 Å². The van der Waals surface area contributed by atoms with Crippen molar-refractivity contribution in [3.8, 4) is 23.0 Å². The molecular formula is C52H66N4O15. The topological polar surface area (TPSA) is 239 Å². The quantitative estimate of drug-likeness (QED) is 0.0233. The van der Waals surface area contributed by atoms with Crippen molar-refractivity contribution >= 4 is 29.3 Å². The lowest BCUT2D eigenvalue weighted by Crippen LogP contribution is -2.70. The van der Waals surface area contributed by atoms with E-state index in [0.29, 0.717) is 84.7 Å². The van der Waals surface area contributed by atoms with Gasteiger partial charge in [-0.2, -0.15) is 0 Å². The zero-order valence-electron chi connectivity index (χ0n) is 40.4. The van der Waals surface area contributed by atoms with E-state index in [1.165, 1.54) is 31.3 Å². The second-order valence-corrected chi connectivity index (χ2v) is 17.3. The first kappa shape index (κ1) is 53.8. The number of unbranched alkanes of at least 4 members (excludes halogenated alkanes) is 2. The highest BCUT2D eigenvalue weighted by Gasteiger charge is 2.65. The number of aliphatic hydroxyl groups is 3. The molecule has 19 heteroatoms. The molecule has 3 aromatic rings. The fourth-order valence-electron chi connectivity index (χ4n) is 9.77. The number of nitrogens with one attached hydrogen (secondary N) is 1. The number of carbonyl (C=O) groups excluding carboxylic acids is 2. The van der Waals surface area contributed by atoms with Gasteiger partial charge in [0.1, 0.15) is 35.6 Å². The smallest absolute Gasteiger partial charge is 0.417 e. The highest BCUT2D eigenvalue weighted by molar-refractivity contribution is 6.03. The molecule has 1 fully saturated rings. The van der Waals surface area contributed by atoms with Crippen LogP contribution in [0.15, 0.2) is 103 Å². The van der Waals surface area contributed by atoms with E-state index in [0.717, 1.165) is 5.57 Å². The number of aliphatic hydroxyl groups excluding tert-OH is 3. The minimum atomic E-state index is -1.65. The maximum Gasteiger partial charge on any atom is 0.417 e. The minimum absolute atomic E-state index is 0.00286. The molecular weight excluding hydrogens is 921 g/mol. The minimum Gasteiger partial charge on any atom is -0.497 e. The van der Waals surface area contributed by atoms with Gasteiger partial charge in [0.15, 0.2) is 0 Å². The molecule has 1 saturated carbocycles. The van der Waals surface area contributed by atoms with Gasteiger partial charge in [-0.1, -0.05) is 36.2 Å². The first-order chi connectivity index (χ1) is 34.5. The standard InChI is InChI=1S/C52H66N4O15/c1-5-7-27-67-51(61)55(22-28-66-29-25-59)47-33-44(54-69-34-35-14-16-37(17-15-35)56(62)63)41-30-36(12-8-10-23-57)40(13-9-11-24-58)48-42-31-39(19-21-45(42)71-52(47,49(41)48)68-26-6-2)70-50(60)53-43-20-18-38(64-3)32-46(43)65-4/h5-6,14-21,30-32,36,40,47-49,57-59H,1-2,7-13,22-29,33-34H2,3-4H3,(H,53,60)/t36-,40+,47-,48+,49+,52+/m0/s1. The summed E-state index contributed by atoms with van der Waals surface area (Å²) in [5.74, 6) is -1.60. The van der Waals surface area contributed by atoms with Crippen LogP contribution in [0.2, 0.25) is 0 Å². The molecule has 2 amide bonds. The number of anilines is 1. The van der Waals surface area contributed by atoms with Crippen LogP contribution < -0.4 is 24.3 Å². The summed E-state index contributed by atoms with van der Waals surface area (Å²) in [6.45, 7) is 7.54. The van der Waals surface area contributed by atoms with E-state index in [4.69, 9.17) is 43.2 Å². The number of nitro benzene ring substituents is 1. The van der Waals surface area contributed by atoms with Gasteiger partial charge in [0.2, 0.25) is 5.79 Å². The Labute approximate surface area is 413 Å². The molecule has 1 heterocycles. The van der Waals surface area contributed by atoms with Crippen LogP contribution >= 0.6 is 0 Å². The molecule has 3 aromatic carbocycles. The van der Waals surface area contributed by atoms with Crippen molar-refractivity contribution in [1.82, 2.24) is 4.90 Å². The van der Waals surface area contributed by atoms with Crippen molar-refractivity contribution in [3.63, 3.8) is 0 Å². The number of non-ortho nitro benzene ring substituents is 1. The molecule has 384 valence electrons. The zero-order chi connectivity index (χ0) is 50.8. The van der Waals surface area contributed by atoms with Crippen LogP contribution in [0.25, 0.3) is 0 Å². The molecule has 1 aliphatic heterocycles. The van der Waals surface area contributed by atoms with E-state index in [1.54, 1.807) is 60.7 Å². The Morgan fingerprint density at radius 1 is 0.930 bits per heavy atom. The van der Waals surface area contributed by atoms with Crippen LogP contribution in [0.4, 0.5) is 21.0 Å². The average molecular weight is 987 g/mol. The summed E-state index contributed by atoms with van der Waals surface area (Å²) in [4.78, 5) is 46.7. The molecule has 0 aromatic heterocycles.